The van der Waals surface area contributed by atoms with Gasteiger partial charge < -0.3 is 10.1 Å². The van der Waals surface area contributed by atoms with E-state index in [-0.39, 0.29) is 0 Å². The number of hydrogen-bond acceptors (Lipinski definition) is 2. The number of nitrogens with one attached hydrogen (secondary N) is 1. The fourth-order valence-corrected chi connectivity index (χ4v) is 2.01. The monoisotopic (exact) mass is 269 g/mol. The van der Waals surface area contributed by atoms with Crippen LogP contribution >= 0.6 is 0 Å². The zero-order chi connectivity index (χ0) is 14.2. The second-order valence-electron chi connectivity index (χ2n) is 4.88. The van der Waals surface area contributed by atoms with E-state index < -0.39 is 0 Å². The molecule has 2 nitrogen and oxygen atoms in total. The summed E-state index contributed by atoms with van der Waals surface area (Å²) < 4.78 is 5.80. The lowest BCUT2D eigenvalue weighted by Gasteiger charge is -2.08. The summed E-state index contributed by atoms with van der Waals surface area (Å²) >= 11 is 0. The van der Waals surface area contributed by atoms with E-state index in [0.29, 0.717) is 6.61 Å². The molecule has 0 bridgehead atoms. The second-order valence-corrected chi connectivity index (χ2v) is 4.88. The van der Waals surface area contributed by atoms with E-state index in [1.165, 1.54) is 16.7 Å². The van der Waals surface area contributed by atoms with Gasteiger partial charge in [-0.15, -0.1) is 0 Å². The summed E-state index contributed by atoms with van der Waals surface area (Å²) in [5.74, 6) is 0.921. The Balaban J connectivity index is 1.86. The van der Waals surface area contributed by atoms with Crippen molar-refractivity contribution in [2.75, 3.05) is 6.54 Å². The van der Waals surface area contributed by atoms with Gasteiger partial charge in [0.25, 0.3) is 0 Å². The summed E-state index contributed by atoms with van der Waals surface area (Å²) in [5, 5.41) is 3.31. The Kier molecular flexibility index (Phi) is 5.63. The largest absolute Gasteiger partial charge is 0.489 e. The molecule has 0 fully saturated rings. The maximum Gasteiger partial charge on any atom is 0.119 e. The first-order valence-corrected chi connectivity index (χ1v) is 7.32. The molecule has 0 radical (unpaired) electrons. The summed E-state index contributed by atoms with van der Waals surface area (Å²) in [7, 11) is 0. The normalized spacial score (nSPS) is 10.5. The fourth-order valence-electron chi connectivity index (χ4n) is 2.01. The summed E-state index contributed by atoms with van der Waals surface area (Å²) in [6, 6.07) is 16.9. The lowest BCUT2D eigenvalue weighted by atomic mass is 10.1. The molecule has 0 aromatic heterocycles. The van der Waals surface area contributed by atoms with Crippen LogP contribution in [0.2, 0.25) is 0 Å². The summed E-state index contributed by atoms with van der Waals surface area (Å²) in [5.41, 5.74) is 3.85. The molecule has 0 aliphatic rings. The Morgan fingerprint density at radius 3 is 2.00 bits per heavy atom. The Labute approximate surface area is 121 Å². The third kappa shape index (κ3) is 4.39. The van der Waals surface area contributed by atoms with Gasteiger partial charge in [-0.1, -0.05) is 50.2 Å². The minimum Gasteiger partial charge on any atom is -0.489 e. The second kappa shape index (κ2) is 7.71. The third-order valence-corrected chi connectivity index (χ3v) is 3.34. The van der Waals surface area contributed by atoms with Gasteiger partial charge in [0.1, 0.15) is 12.4 Å². The van der Waals surface area contributed by atoms with Crippen LogP contribution in [0.5, 0.6) is 5.75 Å². The molecule has 0 aliphatic heterocycles. The van der Waals surface area contributed by atoms with E-state index in [4.69, 9.17) is 4.74 Å². The molecule has 2 aromatic rings. The predicted octanol–water partition coefficient (Wildman–Crippen LogP) is 3.94. The molecule has 0 heterocycles. The van der Waals surface area contributed by atoms with E-state index in [9.17, 15) is 0 Å². The first-order chi connectivity index (χ1) is 9.81. The molecule has 106 valence electrons. The summed E-state index contributed by atoms with van der Waals surface area (Å²) in [6.45, 7) is 6.81. The van der Waals surface area contributed by atoms with Crippen molar-refractivity contribution in [1.82, 2.24) is 5.32 Å². The topological polar surface area (TPSA) is 21.3 Å². The molecule has 0 amide bonds. The molecule has 0 spiro atoms. The van der Waals surface area contributed by atoms with Crippen molar-refractivity contribution in [1.29, 1.82) is 0 Å². The minimum atomic E-state index is 0.622. The van der Waals surface area contributed by atoms with Crippen LogP contribution in [0.1, 0.15) is 30.5 Å². The smallest absolute Gasteiger partial charge is 0.119 e. The van der Waals surface area contributed by atoms with Crippen LogP contribution in [0.25, 0.3) is 0 Å². The average molecular weight is 269 g/mol. The van der Waals surface area contributed by atoms with E-state index >= 15 is 0 Å². The standard InChI is InChI=1S/C18H23NO/c1-3-15-5-7-17(8-6-15)14-20-18-11-9-16(10-12-18)13-19-4-2/h5-12,19H,3-4,13-14H2,1-2H3. The van der Waals surface area contributed by atoms with Gasteiger partial charge in [0.05, 0.1) is 0 Å². The molecule has 0 saturated carbocycles. The van der Waals surface area contributed by atoms with Crippen molar-refractivity contribution in [3.8, 4) is 5.75 Å². The lowest BCUT2D eigenvalue weighted by molar-refractivity contribution is 0.306. The van der Waals surface area contributed by atoms with E-state index in [1.54, 1.807) is 0 Å². The van der Waals surface area contributed by atoms with Crippen LogP contribution < -0.4 is 10.1 Å². The van der Waals surface area contributed by atoms with Gasteiger partial charge in [0.2, 0.25) is 0 Å². The van der Waals surface area contributed by atoms with Gasteiger partial charge in [0.15, 0.2) is 0 Å². The molecule has 1 N–H and O–H groups in total. The van der Waals surface area contributed by atoms with Crippen molar-refractivity contribution >= 4 is 0 Å². The fraction of sp³-hybridized carbons (Fsp3) is 0.333. The average Bonchev–Trinajstić information content (AvgIpc) is 2.52. The van der Waals surface area contributed by atoms with Crippen molar-refractivity contribution in [3.05, 3.63) is 65.2 Å². The number of hydrogen-bond donors (Lipinski definition) is 1. The molecule has 0 saturated heterocycles. The number of rotatable bonds is 7. The van der Waals surface area contributed by atoms with E-state index in [1.807, 2.05) is 12.1 Å². The molecule has 2 rings (SSSR count). The highest BCUT2D eigenvalue weighted by Crippen LogP contribution is 2.14. The zero-order valence-electron chi connectivity index (χ0n) is 12.4. The van der Waals surface area contributed by atoms with E-state index in [2.05, 4.69) is 55.6 Å². The Bertz CT molecular complexity index is 502. The molecule has 0 atom stereocenters. The molecule has 2 heteroatoms. The molecule has 2 aromatic carbocycles. The third-order valence-electron chi connectivity index (χ3n) is 3.34. The highest BCUT2D eigenvalue weighted by atomic mass is 16.5. The maximum absolute atomic E-state index is 5.80. The summed E-state index contributed by atoms with van der Waals surface area (Å²) in [6.07, 6.45) is 1.08. The highest BCUT2D eigenvalue weighted by Gasteiger charge is 1.98. The van der Waals surface area contributed by atoms with E-state index in [0.717, 1.165) is 25.3 Å². The zero-order valence-corrected chi connectivity index (χ0v) is 12.4. The Hall–Kier alpha value is -1.80. The van der Waals surface area contributed by atoms with Crippen molar-refractivity contribution in [2.24, 2.45) is 0 Å². The van der Waals surface area contributed by atoms with Crippen LogP contribution in [0, 0.1) is 0 Å². The van der Waals surface area contributed by atoms with Crippen molar-refractivity contribution in [3.63, 3.8) is 0 Å². The first kappa shape index (κ1) is 14.6. The quantitative estimate of drug-likeness (QED) is 0.822. The van der Waals surface area contributed by atoms with Gasteiger partial charge in [0, 0.05) is 6.54 Å². The number of aryl methyl sites for hydroxylation is 1. The van der Waals surface area contributed by atoms with Crippen LogP contribution in [0.4, 0.5) is 0 Å². The molecule has 0 aliphatic carbocycles. The SMILES string of the molecule is CCNCc1ccc(OCc2ccc(CC)cc2)cc1. The van der Waals surface area contributed by atoms with Gasteiger partial charge in [-0.2, -0.15) is 0 Å². The molecular weight excluding hydrogens is 246 g/mol. The van der Waals surface area contributed by atoms with Gasteiger partial charge >= 0.3 is 0 Å². The summed E-state index contributed by atoms with van der Waals surface area (Å²) in [4.78, 5) is 0. The van der Waals surface area contributed by atoms with Crippen LogP contribution in [0.3, 0.4) is 0 Å². The Morgan fingerprint density at radius 1 is 0.800 bits per heavy atom. The predicted molar refractivity (Wildman–Crippen MR) is 84.0 cm³/mol. The maximum atomic E-state index is 5.80. The van der Waals surface area contributed by atoms with Crippen molar-refractivity contribution < 1.29 is 4.74 Å². The van der Waals surface area contributed by atoms with Crippen molar-refractivity contribution in [2.45, 2.75) is 33.4 Å². The van der Waals surface area contributed by atoms with Crippen LogP contribution in [-0.2, 0) is 19.6 Å². The minimum absolute atomic E-state index is 0.622. The molecule has 0 unspecified atom stereocenters. The molecule has 20 heavy (non-hydrogen) atoms. The lowest BCUT2D eigenvalue weighted by Crippen LogP contribution is -2.11. The first-order valence-electron chi connectivity index (χ1n) is 7.32. The highest BCUT2D eigenvalue weighted by molar-refractivity contribution is 5.28. The Morgan fingerprint density at radius 2 is 1.40 bits per heavy atom. The van der Waals surface area contributed by atoms with Crippen LogP contribution in [0.15, 0.2) is 48.5 Å². The van der Waals surface area contributed by atoms with Gasteiger partial charge in [-0.05, 0) is 41.8 Å². The van der Waals surface area contributed by atoms with Crippen LogP contribution in [-0.4, -0.2) is 6.54 Å². The number of benzene rings is 2. The number of ether oxygens (including phenoxy) is 1. The molecular formula is C18H23NO. The van der Waals surface area contributed by atoms with Gasteiger partial charge in [-0.3, -0.25) is 0 Å². The van der Waals surface area contributed by atoms with Gasteiger partial charge in [-0.25, -0.2) is 0 Å².